The Morgan fingerprint density at radius 2 is 1.50 bits per heavy atom. The van der Waals surface area contributed by atoms with E-state index < -0.39 is 0 Å². The minimum absolute atomic E-state index is 0.0259. The number of rotatable bonds is 2. The lowest BCUT2D eigenvalue weighted by Crippen LogP contribution is -2.45. The molecule has 1 saturated heterocycles. The molecule has 2 saturated carbocycles. The summed E-state index contributed by atoms with van der Waals surface area (Å²) in [6, 6.07) is 1.33. The molecule has 2 nitrogen and oxygen atoms in total. The first-order valence-electron chi connectivity index (χ1n) is 7.30. The maximum Gasteiger partial charge on any atom is 0.0695 e. The maximum atomic E-state index is 10.1. The van der Waals surface area contributed by atoms with Crippen molar-refractivity contribution in [2.24, 2.45) is 5.92 Å². The Hall–Kier alpha value is -0.0800. The van der Waals surface area contributed by atoms with Crippen LogP contribution in [0.25, 0.3) is 0 Å². The van der Waals surface area contributed by atoms with E-state index in [0.29, 0.717) is 6.04 Å². The predicted octanol–water partition coefficient (Wildman–Crippen LogP) is 2.55. The van der Waals surface area contributed by atoms with Crippen molar-refractivity contribution in [2.45, 2.75) is 76.0 Å². The van der Waals surface area contributed by atoms with Crippen molar-refractivity contribution < 1.29 is 5.11 Å². The second kappa shape index (κ2) is 4.66. The fourth-order valence-electron chi connectivity index (χ4n) is 4.38. The molecule has 0 bridgehead atoms. The third kappa shape index (κ3) is 1.91. The van der Waals surface area contributed by atoms with Crippen LogP contribution in [0.2, 0.25) is 0 Å². The summed E-state index contributed by atoms with van der Waals surface area (Å²) in [7, 11) is 0. The molecule has 0 amide bonds. The molecule has 0 radical (unpaired) electrons. The Kier molecular flexibility index (Phi) is 3.21. The van der Waals surface area contributed by atoms with Gasteiger partial charge in [0.25, 0.3) is 0 Å². The van der Waals surface area contributed by atoms with Gasteiger partial charge in [-0.25, -0.2) is 0 Å². The number of likely N-dealkylation sites (tertiary alicyclic amines) is 1. The first kappa shape index (κ1) is 11.0. The van der Waals surface area contributed by atoms with Crippen LogP contribution in [-0.4, -0.2) is 34.7 Å². The van der Waals surface area contributed by atoms with Crippen molar-refractivity contribution >= 4 is 0 Å². The normalized spacial score (nSPS) is 42.2. The van der Waals surface area contributed by atoms with Crippen LogP contribution < -0.4 is 0 Å². The molecule has 0 aromatic rings. The topological polar surface area (TPSA) is 23.5 Å². The Balaban J connectivity index is 1.68. The number of aliphatic hydroxyl groups excluding tert-OH is 1. The second-order valence-electron chi connectivity index (χ2n) is 6.06. The summed E-state index contributed by atoms with van der Waals surface area (Å²) in [6.07, 6.45) is 12.0. The third-order valence-corrected chi connectivity index (χ3v) is 5.16. The first-order chi connectivity index (χ1) is 7.86. The van der Waals surface area contributed by atoms with Gasteiger partial charge in [0.2, 0.25) is 0 Å². The summed E-state index contributed by atoms with van der Waals surface area (Å²) < 4.78 is 0. The summed E-state index contributed by atoms with van der Waals surface area (Å²) >= 11 is 0. The van der Waals surface area contributed by atoms with Gasteiger partial charge in [0, 0.05) is 12.1 Å². The minimum Gasteiger partial charge on any atom is -0.391 e. The average Bonchev–Trinajstić information content (AvgIpc) is 2.95. The van der Waals surface area contributed by atoms with Gasteiger partial charge in [-0.1, -0.05) is 12.8 Å². The Labute approximate surface area is 99.0 Å². The lowest BCUT2D eigenvalue weighted by molar-refractivity contribution is 0.0473. The van der Waals surface area contributed by atoms with E-state index in [1.165, 1.54) is 57.9 Å². The zero-order valence-corrected chi connectivity index (χ0v) is 10.3. The molecule has 3 rings (SSSR count). The molecule has 92 valence electrons. The maximum absolute atomic E-state index is 10.1. The van der Waals surface area contributed by atoms with Gasteiger partial charge in [0.15, 0.2) is 0 Å². The summed E-state index contributed by atoms with van der Waals surface area (Å²) in [5.74, 6) is 0.954. The summed E-state index contributed by atoms with van der Waals surface area (Å²) in [5.41, 5.74) is 0. The molecule has 2 heteroatoms. The fourth-order valence-corrected chi connectivity index (χ4v) is 4.38. The van der Waals surface area contributed by atoms with Crippen LogP contribution >= 0.6 is 0 Å². The SMILES string of the molecule is O[C@H]1CCC[C@@H]1N1CCCC1C1CCCC1. The number of hydrogen-bond donors (Lipinski definition) is 1. The lowest BCUT2D eigenvalue weighted by Gasteiger charge is -2.35. The molecular weight excluding hydrogens is 198 g/mol. The minimum atomic E-state index is -0.0259. The largest absolute Gasteiger partial charge is 0.391 e. The van der Waals surface area contributed by atoms with Gasteiger partial charge in [0.1, 0.15) is 0 Å². The van der Waals surface area contributed by atoms with Crippen LogP contribution in [0.1, 0.15) is 57.8 Å². The molecule has 3 aliphatic rings. The smallest absolute Gasteiger partial charge is 0.0695 e. The van der Waals surface area contributed by atoms with E-state index in [1.807, 2.05) is 0 Å². The Morgan fingerprint density at radius 1 is 0.750 bits per heavy atom. The highest BCUT2D eigenvalue weighted by Crippen LogP contribution is 2.39. The van der Waals surface area contributed by atoms with Crippen molar-refractivity contribution in [2.75, 3.05) is 6.54 Å². The Morgan fingerprint density at radius 3 is 2.19 bits per heavy atom. The van der Waals surface area contributed by atoms with E-state index in [0.717, 1.165) is 18.4 Å². The van der Waals surface area contributed by atoms with Crippen LogP contribution in [0.3, 0.4) is 0 Å². The van der Waals surface area contributed by atoms with Crippen LogP contribution in [0.15, 0.2) is 0 Å². The summed E-state index contributed by atoms with van der Waals surface area (Å²) in [6.45, 7) is 1.25. The van der Waals surface area contributed by atoms with E-state index in [1.54, 1.807) is 0 Å². The number of nitrogens with zero attached hydrogens (tertiary/aromatic N) is 1. The molecule has 2 aliphatic carbocycles. The van der Waals surface area contributed by atoms with Crippen molar-refractivity contribution in [1.29, 1.82) is 0 Å². The lowest BCUT2D eigenvalue weighted by atomic mass is 9.94. The Bertz CT molecular complexity index is 237. The highest BCUT2D eigenvalue weighted by molar-refractivity contribution is 4.95. The van der Waals surface area contributed by atoms with Crippen molar-refractivity contribution in [3.8, 4) is 0 Å². The first-order valence-corrected chi connectivity index (χ1v) is 7.30. The van der Waals surface area contributed by atoms with Gasteiger partial charge in [-0.2, -0.15) is 0 Å². The molecule has 3 fully saturated rings. The molecule has 0 spiro atoms. The molecule has 16 heavy (non-hydrogen) atoms. The van der Waals surface area contributed by atoms with E-state index in [4.69, 9.17) is 0 Å². The van der Waals surface area contributed by atoms with Gasteiger partial charge in [-0.15, -0.1) is 0 Å². The molecule has 0 aromatic heterocycles. The predicted molar refractivity (Wildman–Crippen MR) is 65.3 cm³/mol. The zero-order chi connectivity index (χ0) is 11.0. The molecule has 1 aliphatic heterocycles. The second-order valence-corrected chi connectivity index (χ2v) is 6.06. The molecule has 1 unspecified atom stereocenters. The van der Waals surface area contributed by atoms with Crippen LogP contribution in [0, 0.1) is 5.92 Å². The average molecular weight is 223 g/mol. The zero-order valence-electron chi connectivity index (χ0n) is 10.3. The van der Waals surface area contributed by atoms with Crippen molar-refractivity contribution in [3.63, 3.8) is 0 Å². The van der Waals surface area contributed by atoms with Gasteiger partial charge < -0.3 is 5.11 Å². The van der Waals surface area contributed by atoms with Crippen molar-refractivity contribution in [3.05, 3.63) is 0 Å². The molecule has 3 atom stereocenters. The summed E-state index contributed by atoms with van der Waals surface area (Å²) in [5, 5.41) is 10.1. The highest BCUT2D eigenvalue weighted by Gasteiger charge is 2.40. The molecule has 1 N–H and O–H groups in total. The molecular formula is C14H25NO. The highest BCUT2D eigenvalue weighted by atomic mass is 16.3. The van der Waals surface area contributed by atoms with E-state index in [-0.39, 0.29) is 6.10 Å². The van der Waals surface area contributed by atoms with Crippen LogP contribution in [-0.2, 0) is 0 Å². The van der Waals surface area contributed by atoms with E-state index in [2.05, 4.69) is 4.90 Å². The van der Waals surface area contributed by atoms with Gasteiger partial charge in [0.05, 0.1) is 6.10 Å². The van der Waals surface area contributed by atoms with Crippen LogP contribution in [0.4, 0.5) is 0 Å². The summed E-state index contributed by atoms with van der Waals surface area (Å²) in [4.78, 5) is 2.69. The standard InChI is InChI=1S/C14H25NO/c16-14-9-3-7-13(14)15-10-4-8-12(15)11-5-1-2-6-11/h11-14,16H,1-10H2/t12?,13-,14-/m0/s1. The van der Waals surface area contributed by atoms with Crippen LogP contribution in [0.5, 0.6) is 0 Å². The van der Waals surface area contributed by atoms with Gasteiger partial charge >= 0.3 is 0 Å². The number of hydrogen-bond acceptors (Lipinski definition) is 2. The fraction of sp³-hybridized carbons (Fsp3) is 1.00. The third-order valence-electron chi connectivity index (χ3n) is 5.16. The van der Waals surface area contributed by atoms with Gasteiger partial charge in [-0.3, -0.25) is 4.90 Å². The monoisotopic (exact) mass is 223 g/mol. The quantitative estimate of drug-likeness (QED) is 0.777. The van der Waals surface area contributed by atoms with Crippen molar-refractivity contribution in [1.82, 2.24) is 4.90 Å². The van der Waals surface area contributed by atoms with E-state index in [9.17, 15) is 5.11 Å². The molecule has 0 aromatic carbocycles. The van der Waals surface area contributed by atoms with E-state index >= 15 is 0 Å². The molecule has 1 heterocycles. The van der Waals surface area contributed by atoms with Gasteiger partial charge in [-0.05, 0) is 57.4 Å². The number of aliphatic hydroxyl groups is 1.